The topological polar surface area (TPSA) is 72.9 Å². The first kappa shape index (κ1) is 18.5. The van der Waals surface area contributed by atoms with Crippen LogP contribution in [0.2, 0.25) is 0 Å². The number of aromatic nitrogens is 5. The SMILES string of the molecule is CC(C)c1nnc(CN2C[C@H]3CCC[C@@]3(c3nc(-c4ccccc4)no3)C2)n1C. The van der Waals surface area contributed by atoms with Crippen LogP contribution < -0.4 is 0 Å². The number of benzene rings is 1. The van der Waals surface area contributed by atoms with Gasteiger partial charge in [0, 0.05) is 31.6 Å². The predicted octanol–water partition coefficient (Wildman–Crippen LogP) is 3.54. The summed E-state index contributed by atoms with van der Waals surface area (Å²) >= 11 is 0. The van der Waals surface area contributed by atoms with E-state index in [0.717, 1.165) is 49.2 Å². The quantitative estimate of drug-likeness (QED) is 0.661. The lowest BCUT2D eigenvalue weighted by atomic mass is 9.80. The van der Waals surface area contributed by atoms with Crippen molar-refractivity contribution in [2.24, 2.45) is 13.0 Å². The summed E-state index contributed by atoms with van der Waals surface area (Å²) in [5, 5.41) is 13.1. The zero-order chi connectivity index (χ0) is 20.0. The van der Waals surface area contributed by atoms with Crippen LogP contribution in [0.4, 0.5) is 0 Å². The average molecular weight is 393 g/mol. The molecule has 0 spiro atoms. The lowest BCUT2D eigenvalue weighted by molar-refractivity contribution is 0.242. The maximum Gasteiger partial charge on any atom is 0.234 e. The molecule has 0 bridgehead atoms. The molecule has 2 aliphatic rings. The van der Waals surface area contributed by atoms with E-state index in [1.54, 1.807) is 0 Å². The molecule has 3 aromatic rings. The minimum atomic E-state index is -0.0283. The molecule has 0 amide bonds. The van der Waals surface area contributed by atoms with Crippen LogP contribution in [0.1, 0.15) is 56.6 Å². The molecule has 1 saturated carbocycles. The summed E-state index contributed by atoms with van der Waals surface area (Å²) < 4.78 is 7.99. The van der Waals surface area contributed by atoms with Crippen molar-refractivity contribution in [3.63, 3.8) is 0 Å². The van der Waals surface area contributed by atoms with E-state index < -0.39 is 0 Å². The Morgan fingerprint density at radius 3 is 2.79 bits per heavy atom. The van der Waals surface area contributed by atoms with Crippen molar-refractivity contribution in [3.8, 4) is 11.4 Å². The van der Waals surface area contributed by atoms with Gasteiger partial charge in [-0.1, -0.05) is 55.8 Å². The Balaban J connectivity index is 1.39. The number of nitrogens with zero attached hydrogens (tertiary/aromatic N) is 6. The number of hydrogen-bond acceptors (Lipinski definition) is 6. The van der Waals surface area contributed by atoms with Gasteiger partial charge in [-0.15, -0.1) is 10.2 Å². The van der Waals surface area contributed by atoms with Gasteiger partial charge in [-0.2, -0.15) is 4.98 Å². The van der Waals surface area contributed by atoms with Crippen molar-refractivity contribution >= 4 is 0 Å². The highest BCUT2D eigenvalue weighted by Crippen LogP contribution is 2.50. The minimum absolute atomic E-state index is 0.0283. The molecular formula is C22H28N6O. The van der Waals surface area contributed by atoms with Crippen LogP contribution in [0.3, 0.4) is 0 Å². The fraction of sp³-hybridized carbons (Fsp3) is 0.545. The molecule has 3 heterocycles. The third-order valence-electron chi connectivity index (χ3n) is 6.71. The van der Waals surface area contributed by atoms with Crippen LogP contribution in [0.15, 0.2) is 34.9 Å². The van der Waals surface area contributed by atoms with E-state index in [4.69, 9.17) is 9.51 Å². The first-order valence-electron chi connectivity index (χ1n) is 10.6. The fourth-order valence-electron chi connectivity index (χ4n) is 5.21. The first-order chi connectivity index (χ1) is 14.1. The van der Waals surface area contributed by atoms with Gasteiger partial charge in [0.1, 0.15) is 11.6 Å². The number of fused-ring (bicyclic) bond motifs is 1. The van der Waals surface area contributed by atoms with Gasteiger partial charge in [-0.05, 0) is 18.8 Å². The van der Waals surface area contributed by atoms with Gasteiger partial charge in [0.2, 0.25) is 11.7 Å². The molecule has 1 saturated heterocycles. The van der Waals surface area contributed by atoms with E-state index in [-0.39, 0.29) is 5.41 Å². The number of hydrogen-bond donors (Lipinski definition) is 0. The van der Waals surface area contributed by atoms with Gasteiger partial charge in [0.05, 0.1) is 12.0 Å². The molecule has 29 heavy (non-hydrogen) atoms. The van der Waals surface area contributed by atoms with Gasteiger partial charge in [0.25, 0.3) is 0 Å². The lowest BCUT2D eigenvalue weighted by Crippen LogP contribution is -2.32. The molecule has 2 atom stereocenters. The van der Waals surface area contributed by atoms with Crippen molar-refractivity contribution in [2.75, 3.05) is 13.1 Å². The van der Waals surface area contributed by atoms with Gasteiger partial charge >= 0.3 is 0 Å². The lowest BCUT2D eigenvalue weighted by Gasteiger charge is -2.24. The van der Waals surface area contributed by atoms with Crippen molar-refractivity contribution in [2.45, 2.75) is 51.0 Å². The van der Waals surface area contributed by atoms with Gasteiger partial charge in [0.15, 0.2) is 0 Å². The van der Waals surface area contributed by atoms with Crippen LogP contribution in [0.5, 0.6) is 0 Å². The van der Waals surface area contributed by atoms with Gasteiger partial charge in [-0.25, -0.2) is 0 Å². The Bertz CT molecular complexity index is 994. The Morgan fingerprint density at radius 1 is 1.21 bits per heavy atom. The number of likely N-dealkylation sites (tertiary alicyclic amines) is 1. The van der Waals surface area contributed by atoms with E-state index in [2.05, 4.69) is 45.7 Å². The second kappa shape index (κ2) is 7.06. The van der Waals surface area contributed by atoms with Crippen molar-refractivity contribution in [3.05, 3.63) is 47.9 Å². The maximum atomic E-state index is 5.84. The molecule has 2 aromatic heterocycles. The predicted molar refractivity (Wildman–Crippen MR) is 109 cm³/mol. The van der Waals surface area contributed by atoms with Crippen LogP contribution in [-0.4, -0.2) is 42.9 Å². The second-order valence-corrected chi connectivity index (χ2v) is 8.89. The first-order valence-corrected chi connectivity index (χ1v) is 10.6. The second-order valence-electron chi connectivity index (χ2n) is 8.89. The summed E-state index contributed by atoms with van der Waals surface area (Å²) in [6.07, 6.45) is 3.55. The highest BCUT2D eigenvalue weighted by molar-refractivity contribution is 5.53. The summed E-state index contributed by atoms with van der Waals surface area (Å²) in [4.78, 5) is 7.34. The Kier molecular flexibility index (Phi) is 4.50. The molecule has 0 radical (unpaired) electrons. The summed E-state index contributed by atoms with van der Waals surface area (Å²) in [6.45, 7) is 7.12. The molecule has 5 rings (SSSR count). The summed E-state index contributed by atoms with van der Waals surface area (Å²) in [5.74, 6) is 4.50. The molecule has 0 unspecified atom stereocenters. The van der Waals surface area contributed by atoms with Gasteiger partial charge in [-0.3, -0.25) is 4.90 Å². The Morgan fingerprint density at radius 2 is 2.03 bits per heavy atom. The molecule has 152 valence electrons. The van der Waals surface area contributed by atoms with E-state index >= 15 is 0 Å². The molecule has 2 fully saturated rings. The van der Waals surface area contributed by atoms with Crippen LogP contribution >= 0.6 is 0 Å². The minimum Gasteiger partial charge on any atom is -0.338 e. The monoisotopic (exact) mass is 392 g/mol. The molecular weight excluding hydrogens is 364 g/mol. The zero-order valence-electron chi connectivity index (χ0n) is 17.4. The van der Waals surface area contributed by atoms with Crippen molar-refractivity contribution < 1.29 is 4.52 Å². The Labute approximate surface area is 171 Å². The van der Waals surface area contributed by atoms with E-state index in [1.165, 1.54) is 12.8 Å². The third kappa shape index (κ3) is 3.08. The van der Waals surface area contributed by atoms with Crippen LogP contribution in [0, 0.1) is 5.92 Å². The van der Waals surface area contributed by atoms with Crippen molar-refractivity contribution in [1.82, 2.24) is 29.8 Å². The average Bonchev–Trinajstić information content (AvgIpc) is 3.46. The smallest absolute Gasteiger partial charge is 0.234 e. The maximum absolute atomic E-state index is 5.84. The molecule has 1 aliphatic carbocycles. The largest absolute Gasteiger partial charge is 0.338 e. The van der Waals surface area contributed by atoms with E-state index in [1.807, 2.05) is 30.3 Å². The molecule has 1 aromatic carbocycles. The fourth-order valence-corrected chi connectivity index (χ4v) is 5.21. The molecule has 0 N–H and O–H groups in total. The normalized spacial score (nSPS) is 24.5. The highest BCUT2D eigenvalue weighted by Gasteiger charge is 2.54. The molecule has 7 nitrogen and oxygen atoms in total. The number of rotatable bonds is 5. The molecule has 7 heteroatoms. The summed E-state index contributed by atoms with van der Waals surface area (Å²) in [5.41, 5.74) is 0.975. The van der Waals surface area contributed by atoms with Crippen LogP contribution in [-0.2, 0) is 19.0 Å². The standard InChI is InChI=1S/C22H28N6O/c1-15(2)20-25-24-18(27(20)3)13-28-12-17-10-7-11-22(17,14-28)21-23-19(26-29-21)16-8-5-4-6-9-16/h4-6,8-9,15,17H,7,10-14H2,1-3H3/t17-,22-/m1/s1. The highest BCUT2D eigenvalue weighted by atomic mass is 16.5. The van der Waals surface area contributed by atoms with E-state index in [9.17, 15) is 0 Å². The van der Waals surface area contributed by atoms with Gasteiger partial charge < -0.3 is 9.09 Å². The third-order valence-corrected chi connectivity index (χ3v) is 6.71. The summed E-state index contributed by atoms with van der Waals surface area (Å²) in [6, 6.07) is 10.1. The summed E-state index contributed by atoms with van der Waals surface area (Å²) in [7, 11) is 2.07. The van der Waals surface area contributed by atoms with Crippen molar-refractivity contribution in [1.29, 1.82) is 0 Å². The zero-order valence-corrected chi connectivity index (χ0v) is 17.4. The molecule has 1 aliphatic heterocycles. The Hall–Kier alpha value is -2.54. The van der Waals surface area contributed by atoms with Crippen LogP contribution in [0.25, 0.3) is 11.4 Å². The van der Waals surface area contributed by atoms with E-state index in [0.29, 0.717) is 17.7 Å².